The Morgan fingerprint density at radius 2 is 0.660 bits per heavy atom. The number of ether oxygens (including phenoxy) is 3. The molecule has 0 amide bonds. The van der Waals surface area contributed by atoms with E-state index in [1.807, 2.05) is 0 Å². The molecule has 0 heterocycles. The van der Waals surface area contributed by atoms with Crippen molar-refractivity contribution in [3.8, 4) is 0 Å². The number of hydrogen-bond donors (Lipinski definition) is 0. The van der Waals surface area contributed by atoms with Gasteiger partial charge in [-0.1, -0.05) is 195 Å². The standard InChI is InChI=1S/C44H84O6/c1-6-7-8-22-31-36-44(47)50-41(38-49-43(46)35-30-26-21-20-24-28-33-40(4)5)37-48-42(45)34-29-25-19-17-15-13-11-9-10-12-14-16-18-23-27-32-39(2)3/h39-41H,6-38H2,1-5H3/t41-/m0/s1. The second kappa shape index (κ2) is 37.2. The molecule has 0 aromatic heterocycles. The van der Waals surface area contributed by atoms with E-state index >= 15 is 0 Å². The van der Waals surface area contributed by atoms with Crippen LogP contribution in [-0.2, 0) is 28.6 Å². The zero-order valence-corrected chi connectivity index (χ0v) is 34.0. The van der Waals surface area contributed by atoms with E-state index < -0.39 is 6.10 Å². The lowest BCUT2D eigenvalue weighted by molar-refractivity contribution is -0.167. The molecule has 0 aliphatic heterocycles. The zero-order valence-electron chi connectivity index (χ0n) is 34.0. The Bertz CT molecular complexity index is 764. The fourth-order valence-electron chi connectivity index (χ4n) is 6.40. The lowest BCUT2D eigenvalue weighted by Crippen LogP contribution is -2.30. The molecule has 0 aliphatic rings. The molecule has 0 spiro atoms. The van der Waals surface area contributed by atoms with Crippen LogP contribution < -0.4 is 0 Å². The Morgan fingerprint density at radius 3 is 0.980 bits per heavy atom. The summed E-state index contributed by atoms with van der Waals surface area (Å²) in [7, 11) is 0. The molecule has 1 atom stereocenters. The Morgan fingerprint density at radius 1 is 0.380 bits per heavy atom. The molecule has 0 saturated heterocycles. The van der Waals surface area contributed by atoms with E-state index in [9.17, 15) is 14.4 Å². The largest absolute Gasteiger partial charge is 0.462 e. The first-order valence-corrected chi connectivity index (χ1v) is 21.7. The number of rotatable bonds is 38. The highest BCUT2D eigenvalue weighted by molar-refractivity contribution is 5.71. The van der Waals surface area contributed by atoms with Crippen LogP contribution in [0.2, 0.25) is 0 Å². The summed E-state index contributed by atoms with van der Waals surface area (Å²) in [5.41, 5.74) is 0. The van der Waals surface area contributed by atoms with E-state index in [2.05, 4.69) is 34.6 Å². The predicted octanol–water partition coefficient (Wildman–Crippen LogP) is 13.4. The van der Waals surface area contributed by atoms with Crippen molar-refractivity contribution < 1.29 is 28.6 Å². The van der Waals surface area contributed by atoms with Crippen molar-refractivity contribution in [3.05, 3.63) is 0 Å². The van der Waals surface area contributed by atoms with E-state index in [-0.39, 0.29) is 31.1 Å². The van der Waals surface area contributed by atoms with Gasteiger partial charge in [0.05, 0.1) is 0 Å². The van der Waals surface area contributed by atoms with E-state index in [0.29, 0.717) is 19.3 Å². The lowest BCUT2D eigenvalue weighted by atomic mass is 10.0. The van der Waals surface area contributed by atoms with Gasteiger partial charge in [0.2, 0.25) is 0 Å². The van der Waals surface area contributed by atoms with Gasteiger partial charge in [0.25, 0.3) is 0 Å². The number of carbonyl (C=O) groups is 3. The third-order valence-electron chi connectivity index (χ3n) is 9.72. The maximum absolute atomic E-state index is 12.5. The fraction of sp³-hybridized carbons (Fsp3) is 0.932. The molecule has 0 unspecified atom stereocenters. The van der Waals surface area contributed by atoms with Crippen LogP contribution in [0.4, 0.5) is 0 Å². The van der Waals surface area contributed by atoms with Gasteiger partial charge in [0.15, 0.2) is 6.10 Å². The maximum atomic E-state index is 12.5. The summed E-state index contributed by atoms with van der Waals surface area (Å²) in [6, 6.07) is 0. The van der Waals surface area contributed by atoms with Crippen LogP contribution >= 0.6 is 0 Å². The van der Waals surface area contributed by atoms with Gasteiger partial charge in [-0.3, -0.25) is 14.4 Å². The molecule has 296 valence electrons. The summed E-state index contributed by atoms with van der Waals surface area (Å²) in [6.07, 6.45) is 34.2. The van der Waals surface area contributed by atoms with Gasteiger partial charge >= 0.3 is 17.9 Å². The Hall–Kier alpha value is -1.59. The van der Waals surface area contributed by atoms with Gasteiger partial charge in [-0.05, 0) is 31.1 Å². The molecule has 0 aliphatic carbocycles. The van der Waals surface area contributed by atoms with E-state index in [1.54, 1.807) is 0 Å². The monoisotopic (exact) mass is 709 g/mol. The van der Waals surface area contributed by atoms with Crippen LogP contribution in [0.25, 0.3) is 0 Å². The summed E-state index contributed by atoms with van der Waals surface area (Å²) in [5.74, 6) is 0.734. The average Bonchev–Trinajstić information content (AvgIpc) is 3.08. The van der Waals surface area contributed by atoms with Crippen LogP contribution in [0, 0.1) is 11.8 Å². The smallest absolute Gasteiger partial charge is 0.306 e. The van der Waals surface area contributed by atoms with Crippen LogP contribution in [-0.4, -0.2) is 37.2 Å². The maximum Gasteiger partial charge on any atom is 0.306 e. The number of esters is 3. The fourth-order valence-corrected chi connectivity index (χ4v) is 6.40. The van der Waals surface area contributed by atoms with Crippen LogP contribution in [0.5, 0.6) is 0 Å². The minimum absolute atomic E-state index is 0.0671. The third kappa shape index (κ3) is 37.7. The summed E-state index contributed by atoms with van der Waals surface area (Å²) >= 11 is 0. The first kappa shape index (κ1) is 48.4. The Kier molecular flexibility index (Phi) is 36.0. The molecule has 0 bridgehead atoms. The summed E-state index contributed by atoms with van der Waals surface area (Å²) in [5, 5.41) is 0. The van der Waals surface area contributed by atoms with Crippen molar-refractivity contribution in [2.45, 2.75) is 240 Å². The molecule has 0 fully saturated rings. The second-order valence-electron chi connectivity index (χ2n) is 15.9. The van der Waals surface area contributed by atoms with Crippen LogP contribution in [0.15, 0.2) is 0 Å². The first-order chi connectivity index (χ1) is 24.2. The second-order valence-corrected chi connectivity index (χ2v) is 15.9. The molecule has 0 N–H and O–H groups in total. The number of carbonyl (C=O) groups excluding carboxylic acids is 3. The third-order valence-corrected chi connectivity index (χ3v) is 9.72. The van der Waals surface area contributed by atoms with Gasteiger partial charge in [0.1, 0.15) is 13.2 Å². The van der Waals surface area contributed by atoms with Crippen molar-refractivity contribution in [2.24, 2.45) is 11.8 Å². The van der Waals surface area contributed by atoms with Gasteiger partial charge in [0, 0.05) is 19.3 Å². The molecule has 0 radical (unpaired) electrons. The van der Waals surface area contributed by atoms with Gasteiger partial charge in [-0.2, -0.15) is 0 Å². The topological polar surface area (TPSA) is 78.9 Å². The number of hydrogen-bond acceptors (Lipinski definition) is 6. The van der Waals surface area contributed by atoms with Crippen molar-refractivity contribution in [1.29, 1.82) is 0 Å². The molecular formula is C44H84O6. The quantitative estimate of drug-likeness (QED) is 0.0361. The van der Waals surface area contributed by atoms with Crippen molar-refractivity contribution in [1.82, 2.24) is 0 Å². The molecule has 0 aromatic rings. The van der Waals surface area contributed by atoms with Crippen LogP contribution in [0.3, 0.4) is 0 Å². The molecule has 0 rings (SSSR count). The minimum atomic E-state index is -0.758. The summed E-state index contributed by atoms with van der Waals surface area (Å²) in [6.45, 7) is 11.2. The molecule has 50 heavy (non-hydrogen) atoms. The van der Waals surface area contributed by atoms with E-state index in [0.717, 1.165) is 76.0 Å². The van der Waals surface area contributed by atoms with E-state index in [1.165, 1.54) is 116 Å². The Labute approximate surface area is 310 Å². The SMILES string of the molecule is CCCCCCCC(=O)O[C@@H](COC(=O)CCCCCCCCCCCCCCCCCC(C)C)COC(=O)CCCCCCCCC(C)C. The first-order valence-electron chi connectivity index (χ1n) is 21.7. The van der Waals surface area contributed by atoms with Crippen LogP contribution in [0.1, 0.15) is 234 Å². The molecule has 6 heteroatoms. The molecule has 0 aromatic carbocycles. The van der Waals surface area contributed by atoms with Crippen molar-refractivity contribution in [3.63, 3.8) is 0 Å². The van der Waals surface area contributed by atoms with Gasteiger partial charge in [-0.25, -0.2) is 0 Å². The molecule has 6 nitrogen and oxygen atoms in total. The Balaban J connectivity index is 4.09. The highest BCUT2D eigenvalue weighted by Crippen LogP contribution is 2.16. The predicted molar refractivity (Wildman–Crippen MR) is 210 cm³/mol. The summed E-state index contributed by atoms with van der Waals surface area (Å²) in [4.78, 5) is 37.3. The average molecular weight is 709 g/mol. The van der Waals surface area contributed by atoms with Gasteiger partial charge < -0.3 is 14.2 Å². The normalized spacial score (nSPS) is 12.1. The lowest BCUT2D eigenvalue weighted by Gasteiger charge is -2.18. The number of unbranched alkanes of at least 4 members (excludes halogenated alkanes) is 23. The highest BCUT2D eigenvalue weighted by Gasteiger charge is 2.19. The molecule has 0 saturated carbocycles. The van der Waals surface area contributed by atoms with Crippen molar-refractivity contribution in [2.75, 3.05) is 13.2 Å². The van der Waals surface area contributed by atoms with Gasteiger partial charge in [-0.15, -0.1) is 0 Å². The minimum Gasteiger partial charge on any atom is -0.462 e. The zero-order chi connectivity index (χ0) is 36.9. The van der Waals surface area contributed by atoms with Crippen molar-refractivity contribution >= 4 is 17.9 Å². The highest BCUT2D eigenvalue weighted by atomic mass is 16.6. The molecular weight excluding hydrogens is 624 g/mol. The van der Waals surface area contributed by atoms with E-state index in [4.69, 9.17) is 14.2 Å². The summed E-state index contributed by atoms with van der Waals surface area (Å²) < 4.78 is 16.5.